The fourth-order valence-corrected chi connectivity index (χ4v) is 1.35. The molecule has 3 nitrogen and oxygen atoms in total. The molecule has 0 aliphatic carbocycles. The standard InChI is InChI=1S/C11H9ClN2O/c1-15-11-13-7-6-10(14-11)8-2-4-9(12)5-3-8/h2-7H,1H3. The Morgan fingerprint density at radius 3 is 2.53 bits per heavy atom. The molecule has 0 amide bonds. The summed E-state index contributed by atoms with van der Waals surface area (Å²) in [5.41, 5.74) is 1.80. The highest BCUT2D eigenvalue weighted by Gasteiger charge is 2.01. The maximum absolute atomic E-state index is 5.80. The molecule has 0 N–H and O–H groups in total. The molecular weight excluding hydrogens is 212 g/mol. The van der Waals surface area contributed by atoms with Crippen molar-refractivity contribution in [3.8, 4) is 17.3 Å². The van der Waals surface area contributed by atoms with Crippen molar-refractivity contribution in [2.45, 2.75) is 0 Å². The number of benzene rings is 1. The maximum atomic E-state index is 5.80. The molecule has 0 unspecified atom stereocenters. The second-order valence-electron chi connectivity index (χ2n) is 2.94. The number of rotatable bonds is 2. The molecule has 0 atom stereocenters. The second kappa shape index (κ2) is 4.28. The topological polar surface area (TPSA) is 35.0 Å². The molecule has 2 rings (SSSR count). The van der Waals surface area contributed by atoms with Gasteiger partial charge >= 0.3 is 6.01 Å². The number of aromatic nitrogens is 2. The van der Waals surface area contributed by atoms with Crippen LogP contribution in [0.3, 0.4) is 0 Å². The van der Waals surface area contributed by atoms with E-state index in [2.05, 4.69) is 9.97 Å². The van der Waals surface area contributed by atoms with E-state index in [1.165, 1.54) is 0 Å². The molecular formula is C11H9ClN2O. The van der Waals surface area contributed by atoms with Gasteiger partial charge in [-0.2, -0.15) is 4.98 Å². The Morgan fingerprint density at radius 2 is 1.87 bits per heavy atom. The Bertz CT molecular complexity index is 456. The van der Waals surface area contributed by atoms with Crippen LogP contribution < -0.4 is 4.74 Å². The van der Waals surface area contributed by atoms with E-state index in [1.54, 1.807) is 13.3 Å². The highest BCUT2D eigenvalue weighted by atomic mass is 35.5. The van der Waals surface area contributed by atoms with Crippen molar-refractivity contribution in [3.63, 3.8) is 0 Å². The molecule has 2 aromatic rings. The summed E-state index contributed by atoms with van der Waals surface area (Å²) in [4.78, 5) is 8.16. The van der Waals surface area contributed by atoms with Crippen LogP contribution in [0.1, 0.15) is 0 Å². The lowest BCUT2D eigenvalue weighted by Crippen LogP contribution is -1.92. The lowest BCUT2D eigenvalue weighted by molar-refractivity contribution is 0.380. The first-order valence-electron chi connectivity index (χ1n) is 4.42. The van der Waals surface area contributed by atoms with Crippen LogP contribution in [-0.4, -0.2) is 17.1 Å². The molecule has 4 heteroatoms. The van der Waals surface area contributed by atoms with E-state index in [-0.39, 0.29) is 0 Å². The molecule has 1 aromatic heterocycles. The van der Waals surface area contributed by atoms with Crippen LogP contribution in [0.25, 0.3) is 11.3 Å². The number of halogens is 1. The molecule has 0 saturated heterocycles. The van der Waals surface area contributed by atoms with Gasteiger partial charge in [-0.1, -0.05) is 23.7 Å². The van der Waals surface area contributed by atoms with Crippen LogP contribution in [0.5, 0.6) is 6.01 Å². The van der Waals surface area contributed by atoms with E-state index < -0.39 is 0 Å². The van der Waals surface area contributed by atoms with Gasteiger partial charge in [0.15, 0.2) is 0 Å². The predicted molar refractivity (Wildman–Crippen MR) is 59.0 cm³/mol. The van der Waals surface area contributed by atoms with Gasteiger partial charge in [-0.3, -0.25) is 0 Å². The lowest BCUT2D eigenvalue weighted by Gasteiger charge is -2.02. The lowest BCUT2D eigenvalue weighted by atomic mass is 10.1. The zero-order chi connectivity index (χ0) is 10.7. The number of nitrogens with zero attached hydrogens (tertiary/aromatic N) is 2. The normalized spacial score (nSPS) is 10.0. The van der Waals surface area contributed by atoms with Crippen molar-refractivity contribution >= 4 is 11.6 Å². The van der Waals surface area contributed by atoms with Crippen LogP contribution in [-0.2, 0) is 0 Å². The third kappa shape index (κ3) is 2.25. The summed E-state index contributed by atoms with van der Waals surface area (Å²) >= 11 is 5.80. The molecule has 0 fully saturated rings. The van der Waals surface area contributed by atoms with Gasteiger partial charge in [0.1, 0.15) is 0 Å². The van der Waals surface area contributed by atoms with Gasteiger partial charge in [0.05, 0.1) is 12.8 Å². The first-order valence-corrected chi connectivity index (χ1v) is 4.80. The van der Waals surface area contributed by atoms with Crippen molar-refractivity contribution < 1.29 is 4.74 Å². The minimum Gasteiger partial charge on any atom is -0.467 e. The summed E-state index contributed by atoms with van der Waals surface area (Å²) in [7, 11) is 1.54. The molecule has 0 bridgehead atoms. The van der Waals surface area contributed by atoms with E-state index in [1.807, 2.05) is 30.3 Å². The van der Waals surface area contributed by atoms with Crippen molar-refractivity contribution in [2.24, 2.45) is 0 Å². The molecule has 1 aromatic carbocycles. The molecule has 0 radical (unpaired) electrons. The van der Waals surface area contributed by atoms with Gasteiger partial charge < -0.3 is 4.74 Å². The number of methoxy groups -OCH3 is 1. The summed E-state index contributed by atoms with van der Waals surface area (Å²) in [6, 6.07) is 9.65. The van der Waals surface area contributed by atoms with Gasteiger partial charge in [0.2, 0.25) is 0 Å². The van der Waals surface area contributed by atoms with Crippen molar-refractivity contribution in [2.75, 3.05) is 7.11 Å². The zero-order valence-electron chi connectivity index (χ0n) is 8.14. The van der Waals surface area contributed by atoms with Gasteiger partial charge in [-0.25, -0.2) is 4.98 Å². The van der Waals surface area contributed by atoms with Crippen LogP contribution >= 0.6 is 11.6 Å². The van der Waals surface area contributed by atoms with Crippen molar-refractivity contribution in [1.29, 1.82) is 0 Å². The summed E-state index contributed by atoms with van der Waals surface area (Å²) in [6.45, 7) is 0. The van der Waals surface area contributed by atoms with E-state index in [4.69, 9.17) is 16.3 Å². The summed E-state index contributed by atoms with van der Waals surface area (Å²) in [5.74, 6) is 0. The monoisotopic (exact) mass is 220 g/mol. The summed E-state index contributed by atoms with van der Waals surface area (Å²) in [6.07, 6.45) is 1.66. The van der Waals surface area contributed by atoms with E-state index >= 15 is 0 Å². The van der Waals surface area contributed by atoms with E-state index in [0.717, 1.165) is 11.3 Å². The zero-order valence-corrected chi connectivity index (χ0v) is 8.90. The summed E-state index contributed by atoms with van der Waals surface area (Å²) in [5, 5.41) is 0.708. The first kappa shape index (κ1) is 9.93. The van der Waals surface area contributed by atoms with Crippen LogP contribution in [0.2, 0.25) is 5.02 Å². The van der Waals surface area contributed by atoms with Crippen LogP contribution in [0.4, 0.5) is 0 Å². The van der Waals surface area contributed by atoms with Crippen LogP contribution in [0, 0.1) is 0 Å². The highest BCUT2D eigenvalue weighted by Crippen LogP contribution is 2.20. The Balaban J connectivity index is 2.40. The second-order valence-corrected chi connectivity index (χ2v) is 3.37. The molecule has 0 aliphatic rings. The molecule has 1 heterocycles. The number of hydrogen-bond acceptors (Lipinski definition) is 3. The predicted octanol–water partition coefficient (Wildman–Crippen LogP) is 2.81. The van der Waals surface area contributed by atoms with E-state index in [9.17, 15) is 0 Å². The molecule has 0 saturated carbocycles. The molecule has 0 aliphatic heterocycles. The minimum absolute atomic E-state index is 0.363. The van der Waals surface area contributed by atoms with Gasteiger partial charge in [-0.05, 0) is 18.2 Å². The van der Waals surface area contributed by atoms with Crippen molar-refractivity contribution in [3.05, 3.63) is 41.6 Å². The van der Waals surface area contributed by atoms with Gasteiger partial charge in [-0.15, -0.1) is 0 Å². The average Bonchev–Trinajstić information content (AvgIpc) is 2.30. The average molecular weight is 221 g/mol. The largest absolute Gasteiger partial charge is 0.467 e. The fourth-order valence-electron chi connectivity index (χ4n) is 1.22. The van der Waals surface area contributed by atoms with Crippen LogP contribution in [0.15, 0.2) is 36.5 Å². The summed E-state index contributed by atoms with van der Waals surface area (Å²) < 4.78 is 4.95. The SMILES string of the molecule is COc1nccc(-c2ccc(Cl)cc2)n1. The fraction of sp³-hybridized carbons (Fsp3) is 0.0909. The van der Waals surface area contributed by atoms with Gasteiger partial charge in [0, 0.05) is 16.8 Å². The number of hydrogen-bond donors (Lipinski definition) is 0. The van der Waals surface area contributed by atoms with Gasteiger partial charge in [0.25, 0.3) is 0 Å². The quantitative estimate of drug-likeness (QED) is 0.781. The first-order chi connectivity index (χ1) is 7.29. The van der Waals surface area contributed by atoms with E-state index in [0.29, 0.717) is 11.0 Å². The highest BCUT2D eigenvalue weighted by molar-refractivity contribution is 6.30. The molecule has 0 spiro atoms. The Kier molecular flexibility index (Phi) is 2.83. The number of ether oxygens (including phenoxy) is 1. The molecule has 76 valence electrons. The third-order valence-corrected chi connectivity index (χ3v) is 2.21. The maximum Gasteiger partial charge on any atom is 0.316 e. The van der Waals surface area contributed by atoms with Crippen molar-refractivity contribution in [1.82, 2.24) is 9.97 Å². The molecule has 15 heavy (non-hydrogen) atoms. The Hall–Kier alpha value is -1.61. The Labute approximate surface area is 92.7 Å². The minimum atomic E-state index is 0.363. The third-order valence-electron chi connectivity index (χ3n) is 1.96. The smallest absolute Gasteiger partial charge is 0.316 e. The Morgan fingerprint density at radius 1 is 1.13 bits per heavy atom.